The van der Waals surface area contributed by atoms with Crippen LogP contribution in [0.1, 0.15) is 18.1 Å². The molecule has 29 heavy (non-hydrogen) atoms. The molecule has 5 nitrogen and oxygen atoms in total. The first-order valence-electron chi connectivity index (χ1n) is 8.88. The zero-order valence-electron chi connectivity index (χ0n) is 15.9. The first-order chi connectivity index (χ1) is 13.8. The number of amides is 3. The zero-order valence-corrected chi connectivity index (χ0v) is 17.5. The van der Waals surface area contributed by atoms with E-state index < -0.39 is 17.1 Å². The number of benzene rings is 2. The predicted molar refractivity (Wildman–Crippen MR) is 118 cm³/mol. The molecule has 0 bridgehead atoms. The van der Waals surface area contributed by atoms with E-state index >= 15 is 0 Å². The van der Waals surface area contributed by atoms with Crippen molar-refractivity contribution in [3.05, 3.63) is 81.2 Å². The van der Waals surface area contributed by atoms with Gasteiger partial charge in [-0.15, -0.1) is 0 Å². The standard InChI is InChI=1S/C22H19ClN2O3S/c1-14(10-16-6-4-3-5-7-16)11-19-21(27)25(22(28)29-19)13-20(26)24-17-9-8-15(2)18(23)12-17/h3-12H,13H2,1-2H3,(H,24,26)/b14-10+,19-11+. The Morgan fingerprint density at radius 3 is 2.59 bits per heavy atom. The van der Waals surface area contributed by atoms with Crippen LogP contribution in [0.2, 0.25) is 5.02 Å². The lowest BCUT2D eigenvalue weighted by Gasteiger charge is -2.13. The van der Waals surface area contributed by atoms with Crippen LogP contribution in [0.3, 0.4) is 0 Å². The number of imide groups is 1. The molecule has 0 radical (unpaired) electrons. The Morgan fingerprint density at radius 2 is 1.90 bits per heavy atom. The monoisotopic (exact) mass is 426 g/mol. The molecule has 2 aromatic rings. The summed E-state index contributed by atoms with van der Waals surface area (Å²) in [6.07, 6.45) is 3.58. The van der Waals surface area contributed by atoms with E-state index in [4.69, 9.17) is 11.6 Å². The normalized spacial score (nSPS) is 15.9. The van der Waals surface area contributed by atoms with E-state index in [1.165, 1.54) is 0 Å². The summed E-state index contributed by atoms with van der Waals surface area (Å²) in [6.45, 7) is 3.36. The van der Waals surface area contributed by atoms with Crippen LogP contribution in [0, 0.1) is 6.92 Å². The third-order valence-corrected chi connectivity index (χ3v) is 5.50. The molecule has 1 N–H and O–H groups in total. The van der Waals surface area contributed by atoms with Gasteiger partial charge in [-0.1, -0.05) is 54.1 Å². The smallest absolute Gasteiger partial charge is 0.294 e. The summed E-state index contributed by atoms with van der Waals surface area (Å²) in [4.78, 5) is 38.3. The van der Waals surface area contributed by atoms with Crippen LogP contribution in [-0.2, 0) is 9.59 Å². The highest BCUT2D eigenvalue weighted by molar-refractivity contribution is 8.18. The lowest BCUT2D eigenvalue weighted by Crippen LogP contribution is -2.36. The Morgan fingerprint density at radius 1 is 1.17 bits per heavy atom. The van der Waals surface area contributed by atoms with Crippen molar-refractivity contribution in [2.24, 2.45) is 0 Å². The molecule has 3 amide bonds. The molecule has 0 aliphatic carbocycles. The quantitative estimate of drug-likeness (QED) is 0.661. The summed E-state index contributed by atoms with van der Waals surface area (Å²) in [5.74, 6) is -0.942. The lowest BCUT2D eigenvalue weighted by atomic mass is 10.1. The van der Waals surface area contributed by atoms with Gasteiger partial charge in [-0.05, 0) is 60.5 Å². The number of thioether (sulfide) groups is 1. The average Bonchev–Trinajstić information content (AvgIpc) is 2.93. The number of halogens is 1. The maximum Gasteiger partial charge on any atom is 0.294 e. The van der Waals surface area contributed by atoms with Crippen molar-refractivity contribution in [3.63, 3.8) is 0 Å². The van der Waals surface area contributed by atoms with E-state index in [9.17, 15) is 14.4 Å². The third-order valence-electron chi connectivity index (χ3n) is 4.18. The number of carbonyl (C=O) groups is 3. The molecule has 0 atom stereocenters. The second kappa shape index (κ2) is 9.11. The van der Waals surface area contributed by atoms with Crippen molar-refractivity contribution in [2.75, 3.05) is 11.9 Å². The van der Waals surface area contributed by atoms with E-state index in [1.54, 1.807) is 24.3 Å². The minimum Gasteiger partial charge on any atom is -0.324 e. The number of allylic oxidation sites excluding steroid dienone is 2. The van der Waals surface area contributed by atoms with Crippen molar-refractivity contribution in [2.45, 2.75) is 13.8 Å². The van der Waals surface area contributed by atoms with E-state index in [1.807, 2.05) is 50.3 Å². The molecule has 3 rings (SSSR count). The van der Waals surface area contributed by atoms with Crippen molar-refractivity contribution in [3.8, 4) is 0 Å². The lowest BCUT2D eigenvalue weighted by molar-refractivity contribution is -0.127. The number of rotatable bonds is 5. The Balaban J connectivity index is 1.67. The molecule has 1 aliphatic heterocycles. The molecule has 1 saturated heterocycles. The molecule has 1 fully saturated rings. The van der Waals surface area contributed by atoms with Crippen molar-refractivity contribution in [1.82, 2.24) is 4.90 Å². The minimum absolute atomic E-state index is 0.297. The largest absolute Gasteiger partial charge is 0.324 e. The van der Waals surface area contributed by atoms with Crippen LogP contribution in [0.4, 0.5) is 10.5 Å². The van der Waals surface area contributed by atoms with Crippen LogP contribution >= 0.6 is 23.4 Å². The molecule has 148 valence electrons. The van der Waals surface area contributed by atoms with Gasteiger partial charge in [0, 0.05) is 10.7 Å². The van der Waals surface area contributed by atoms with Crippen molar-refractivity contribution < 1.29 is 14.4 Å². The molecular formula is C22H19ClN2O3S. The van der Waals surface area contributed by atoms with E-state index in [-0.39, 0.29) is 6.54 Å². The van der Waals surface area contributed by atoms with Crippen LogP contribution < -0.4 is 5.32 Å². The van der Waals surface area contributed by atoms with Gasteiger partial charge >= 0.3 is 0 Å². The van der Waals surface area contributed by atoms with Gasteiger partial charge in [-0.3, -0.25) is 19.3 Å². The van der Waals surface area contributed by atoms with Gasteiger partial charge in [0.2, 0.25) is 5.91 Å². The number of anilines is 1. The fourth-order valence-electron chi connectivity index (χ4n) is 2.71. The van der Waals surface area contributed by atoms with Gasteiger partial charge in [0.1, 0.15) is 6.54 Å². The first-order valence-corrected chi connectivity index (χ1v) is 10.1. The second-order valence-corrected chi connectivity index (χ2v) is 7.98. The molecule has 1 heterocycles. The number of nitrogens with zero attached hydrogens (tertiary/aromatic N) is 1. The van der Waals surface area contributed by atoms with E-state index in [0.29, 0.717) is 15.6 Å². The van der Waals surface area contributed by atoms with E-state index in [2.05, 4.69) is 5.32 Å². The van der Waals surface area contributed by atoms with Gasteiger partial charge in [0.25, 0.3) is 11.1 Å². The summed E-state index contributed by atoms with van der Waals surface area (Å²) < 4.78 is 0. The Bertz CT molecular complexity index is 1030. The summed E-state index contributed by atoms with van der Waals surface area (Å²) in [5, 5.41) is 2.72. The van der Waals surface area contributed by atoms with Crippen LogP contribution in [0.5, 0.6) is 0 Å². The predicted octanol–water partition coefficient (Wildman–Crippen LogP) is 5.27. The Labute approximate surface area is 178 Å². The van der Waals surface area contributed by atoms with Crippen molar-refractivity contribution in [1.29, 1.82) is 0 Å². The average molecular weight is 427 g/mol. The summed E-state index contributed by atoms with van der Waals surface area (Å²) in [5.41, 5.74) is 3.23. The first kappa shape index (κ1) is 20.9. The number of hydrogen-bond acceptors (Lipinski definition) is 4. The molecule has 0 spiro atoms. The van der Waals surface area contributed by atoms with Gasteiger partial charge in [-0.25, -0.2) is 0 Å². The SMILES string of the molecule is CC(=C\c1ccccc1)/C=C1/SC(=O)N(CC(=O)Nc2ccc(C)c(Cl)c2)C1=O. The molecular weight excluding hydrogens is 408 g/mol. The summed E-state index contributed by atoms with van der Waals surface area (Å²) in [6, 6.07) is 14.8. The highest BCUT2D eigenvalue weighted by Crippen LogP contribution is 2.31. The highest BCUT2D eigenvalue weighted by atomic mass is 35.5. The Kier molecular flexibility index (Phi) is 6.56. The molecule has 7 heteroatoms. The number of carbonyl (C=O) groups excluding carboxylic acids is 3. The molecule has 0 aromatic heterocycles. The van der Waals surface area contributed by atoms with Crippen molar-refractivity contribution >= 4 is 52.2 Å². The molecule has 0 saturated carbocycles. The van der Waals surface area contributed by atoms with Gasteiger partial charge < -0.3 is 5.32 Å². The molecule has 1 aliphatic rings. The van der Waals surface area contributed by atoms with E-state index in [0.717, 1.165) is 33.4 Å². The third kappa shape index (κ3) is 5.37. The van der Waals surface area contributed by atoms with Crippen LogP contribution in [-0.4, -0.2) is 28.5 Å². The maximum absolute atomic E-state index is 12.6. The number of hydrogen-bond donors (Lipinski definition) is 1. The van der Waals surface area contributed by atoms with Gasteiger partial charge in [0.05, 0.1) is 4.91 Å². The fourth-order valence-corrected chi connectivity index (χ4v) is 3.78. The second-order valence-electron chi connectivity index (χ2n) is 6.58. The highest BCUT2D eigenvalue weighted by Gasteiger charge is 2.36. The number of nitrogens with one attached hydrogen (secondary N) is 1. The maximum atomic E-state index is 12.6. The van der Waals surface area contributed by atoms with Crippen LogP contribution in [0.15, 0.2) is 65.1 Å². The Hall–Kier alpha value is -2.83. The zero-order chi connectivity index (χ0) is 21.0. The summed E-state index contributed by atoms with van der Waals surface area (Å²) >= 11 is 6.88. The molecule has 2 aromatic carbocycles. The fraction of sp³-hybridized carbons (Fsp3) is 0.136. The molecule has 0 unspecified atom stereocenters. The topological polar surface area (TPSA) is 66.5 Å². The minimum atomic E-state index is -0.474. The van der Waals surface area contributed by atoms with Crippen LogP contribution in [0.25, 0.3) is 6.08 Å². The van der Waals surface area contributed by atoms with Gasteiger partial charge in [0.15, 0.2) is 0 Å². The van der Waals surface area contributed by atoms with Gasteiger partial charge in [-0.2, -0.15) is 0 Å². The number of aryl methyl sites for hydroxylation is 1. The summed E-state index contributed by atoms with van der Waals surface area (Å²) in [7, 11) is 0.